The van der Waals surface area contributed by atoms with Crippen molar-refractivity contribution in [1.29, 1.82) is 5.26 Å². The summed E-state index contributed by atoms with van der Waals surface area (Å²) in [6, 6.07) is 11.1. The number of rotatable bonds is 8. The third kappa shape index (κ3) is 6.14. The SMILES string of the molecule is CCCCOC(=O)N1CCC(C#N)(CCSc2ccc(SC)cc2)CC1. The highest BCUT2D eigenvalue weighted by atomic mass is 32.2. The van der Waals surface area contributed by atoms with E-state index in [-0.39, 0.29) is 11.5 Å². The number of amides is 1. The normalized spacial score (nSPS) is 16.1. The number of unbranched alkanes of at least 4 members (excludes halogenated alkanes) is 1. The molecule has 1 aliphatic rings. The van der Waals surface area contributed by atoms with Crippen LogP contribution < -0.4 is 0 Å². The Kier molecular flexibility index (Phi) is 8.67. The molecule has 0 aromatic heterocycles. The summed E-state index contributed by atoms with van der Waals surface area (Å²) in [4.78, 5) is 16.3. The quantitative estimate of drug-likeness (QED) is 0.436. The fourth-order valence-corrected chi connectivity index (χ4v) is 4.43. The fourth-order valence-electron chi connectivity index (χ4n) is 2.97. The van der Waals surface area contributed by atoms with Gasteiger partial charge in [0, 0.05) is 22.9 Å². The molecule has 1 aromatic rings. The van der Waals surface area contributed by atoms with Crippen LogP contribution in [0, 0.1) is 16.7 Å². The lowest BCUT2D eigenvalue weighted by Gasteiger charge is -2.36. The molecule has 1 heterocycles. The first-order chi connectivity index (χ1) is 12.6. The Labute approximate surface area is 165 Å². The summed E-state index contributed by atoms with van der Waals surface area (Å²) < 4.78 is 5.28. The average molecular weight is 393 g/mol. The minimum absolute atomic E-state index is 0.228. The maximum Gasteiger partial charge on any atom is 0.409 e. The van der Waals surface area contributed by atoms with Crippen LogP contribution in [0.25, 0.3) is 0 Å². The molecule has 1 aromatic carbocycles. The van der Waals surface area contributed by atoms with Crippen molar-refractivity contribution >= 4 is 29.6 Å². The molecule has 0 saturated carbocycles. The topological polar surface area (TPSA) is 53.3 Å². The molecule has 1 fully saturated rings. The van der Waals surface area contributed by atoms with Gasteiger partial charge in [0.25, 0.3) is 0 Å². The van der Waals surface area contributed by atoms with Crippen LogP contribution in [0.4, 0.5) is 4.79 Å². The number of hydrogen-bond donors (Lipinski definition) is 0. The van der Waals surface area contributed by atoms with Crippen LogP contribution in [0.15, 0.2) is 34.1 Å². The number of hydrogen-bond acceptors (Lipinski definition) is 5. The number of nitriles is 1. The second-order valence-corrected chi connectivity index (χ2v) is 8.67. The lowest BCUT2D eigenvalue weighted by atomic mass is 9.77. The Balaban J connectivity index is 1.77. The van der Waals surface area contributed by atoms with Gasteiger partial charge in [-0.3, -0.25) is 0 Å². The molecule has 1 saturated heterocycles. The maximum absolute atomic E-state index is 12.0. The summed E-state index contributed by atoms with van der Waals surface area (Å²) in [5, 5.41) is 9.71. The van der Waals surface area contributed by atoms with Gasteiger partial charge in [-0.05, 0) is 62.0 Å². The summed E-state index contributed by atoms with van der Waals surface area (Å²) in [5.74, 6) is 0.924. The van der Waals surface area contributed by atoms with Gasteiger partial charge in [-0.1, -0.05) is 13.3 Å². The second-order valence-electron chi connectivity index (χ2n) is 6.62. The van der Waals surface area contributed by atoms with E-state index in [1.54, 1.807) is 28.4 Å². The van der Waals surface area contributed by atoms with Crippen molar-refractivity contribution in [3.05, 3.63) is 24.3 Å². The van der Waals surface area contributed by atoms with Gasteiger partial charge in [0.15, 0.2) is 0 Å². The average Bonchev–Trinajstić information content (AvgIpc) is 2.69. The zero-order valence-electron chi connectivity index (χ0n) is 15.7. The van der Waals surface area contributed by atoms with Crippen LogP contribution in [0.5, 0.6) is 0 Å². The molecule has 142 valence electrons. The van der Waals surface area contributed by atoms with Crippen LogP contribution >= 0.6 is 23.5 Å². The number of carbonyl (C=O) groups excluding carboxylic acids is 1. The minimum atomic E-state index is -0.313. The highest BCUT2D eigenvalue weighted by Gasteiger charge is 2.36. The molecule has 0 N–H and O–H groups in total. The van der Waals surface area contributed by atoms with Crippen molar-refractivity contribution in [3.63, 3.8) is 0 Å². The van der Waals surface area contributed by atoms with E-state index in [1.165, 1.54) is 9.79 Å². The standard InChI is InChI=1S/C20H28N2O2S2/c1-3-4-14-24-19(23)22-12-9-20(16-21,10-13-22)11-15-26-18-7-5-17(25-2)6-8-18/h5-8H,3-4,9-15H2,1-2H3. The monoisotopic (exact) mass is 392 g/mol. The van der Waals surface area contributed by atoms with Gasteiger partial charge in [-0.25, -0.2) is 4.79 Å². The van der Waals surface area contributed by atoms with Gasteiger partial charge >= 0.3 is 6.09 Å². The van der Waals surface area contributed by atoms with E-state index < -0.39 is 0 Å². The van der Waals surface area contributed by atoms with Gasteiger partial charge in [-0.15, -0.1) is 23.5 Å². The first-order valence-corrected chi connectivity index (χ1v) is 11.4. The van der Waals surface area contributed by atoms with E-state index >= 15 is 0 Å². The van der Waals surface area contributed by atoms with Crippen LogP contribution in [-0.2, 0) is 4.74 Å². The molecular formula is C20H28N2O2S2. The Morgan fingerprint density at radius 3 is 2.50 bits per heavy atom. The predicted molar refractivity (Wildman–Crippen MR) is 109 cm³/mol. The van der Waals surface area contributed by atoms with E-state index in [2.05, 4.69) is 43.5 Å². The number of thioether (sulfide) groups is 2. The van der Waals surface area contributed by atoms with E-state index in [1.807, 2.05) is 0 Å². The highest BCUT2D eigenvalue weighted by Crippen LogP contribution is 2.36. The van der Waals surface area contributed by atoms with Crippen molar-refractivity contribution < 1.29 is 9.53 Å². The summed E-state index contributed by atoms with van der Waals surface area (Å²) in [5.41, 5.74) is -0.313. The number of nitrogens with zero attached hydrogens (tertiary/aromatic N) is 2. The van der Waals surface area contributed by atoms with Crippen molar-refractivity contribution in [2.24, 2.45) is 5.41 Å². The minimum Gasteiger partial charge on any atom is -0.449 e. The molecule has 0 spiro atoms. The number of likely N-dealkylation sites (tertiary alicyclic amines) is 1. The van der Waals surface area contributed by atoms with Gasteiger partial charge in [0.05, 0.1) is 18.1 Å². The third-order valence-corrected chi connectivity index (χ3v) is 6.61. The molecule has 26 heavy (non-hydrogen) atoms. The number of piperidine rings is 1. The lowest BCUT2D eigenvalue weighted by Crippen LogP contribution is -2.43. The molecule has 0 aliphatic carbocycles. The Morgan fingerprint density at radius 1 is 1.27 bits per heavy atom. The number of benzene rings is 1. The van der Waals surface area contributed by atoms with E-state index in [0.29, 0.717) is 19.7 Å². The van der Waals surface area contributed by atoms with Gasteiger partial charge < -0.3 is 9.64 Å². The molecule has 2 rings (SSSR count). The molecule has 4 nitrogen and oxygen atoms in total. The summed E-state index contributed by atoms with van der Waals surface area (Å²) in [6.45, 7) is 3.80. The fraction of sp³-hybridized carbons (Fsp3) is 0.600. The van der Waals surface area contributed by atoms with Crippen LogP contribution in [-0.4, -0.2) is 42.7 Å². The summed E-state index contributed by atoms with van der Waals surface area (Å²) >= 11 is 3.54. The van der Waals surface area contributed by atoms with Gasteiger partial charge in [0.2, 0.25) is 0 Å². The summed E-state index contributed by atoms with van der Waals surface area (Å²) in [7, 11) is 0. The van der Waals surface area contributed by atoms with Gasteiger partial charge in [-0.2, -0.15) is 5.26 Å². The third-order valence-electron chi connectivity index (χ3n) is 4.85. The number of carbonyl (C=O) groups is 1. The highest BCUT2D eigenvalue weighted by molar-refractivity contribution is 7.99. The Morgan fingerprint density at radius 2 is 1.92 bits per heavy atom. The van der Waals surface area contributed by atoms with E-state index in [0.717, 1.165) is 37.9 Å². The molecule has 0 radical (unpaired) electrons. The molecule has 0 unspecified atom stereocenters. The van der Waals surface area contributed by atoms with E-state index in [4.69, 9.17) is 4.74 Å². The van der Waals surface area contributed by atoms with Crippen LogP contribution in [0.3, 0.4) is 0 Å². The van der Waals surface area contributed by atoms with Crippen molar-refractivity contribution in [3.8, 4) is 6.07 Å². The van der Waals surface area contributed by atoms with Crippen molar-refractivity contribution in [2.75, 3.05) is 31.7 Å². The lowest BCUT2D eigenvalue weighted by molar-refractivity contribution is 0.0771. The zero-order chi connectivity index (χ0) is 18.8. The molecule has 6 heteroatoms. The molecule has 1 amide bonds. The molecular weight excluding hydrogens is 364 g/mol. The first kappa shape index (κ1) is 21.0. The van der Waals surface area contributed by atoms with Crippen molar-refractivity contribution in [1.82, 2.24) is 4.90 Å². The molecule has 0 bridgehead atoms. The first-order valence-electron chi connectivity index (χ1n) is 9.22. The Hall–Kier alpha value is -1.32. The van der Waals surface area contributed by atoms with Crippen LogP contribution in [0.1, 0.15) is 39.0 Å². The maximum atomic E-state index is 12.0. The second kappa shape index (κ2) is 10.7. The van der Waals surface area contributed by atoms with Gasteiger partial charge in [0.1, 0.15) is 0 Å². The van der Waals surface area contributed by atoms with E-state index in [9.17, 15) is 10.1 Å². The molecule has 1 aliphatic heterocycles. The number of ether oxygens (including phenoxy) is 1. The predicted octanol–water partition coefficient (Wildman–Crippen LogP) is 5.43. The van der Waals surface area contributed by atoms with Crippen LogP contribution in [0.2, 0.25) is 0 Å². The smallest absolute Gasteiger partial charge is 0.409 e. The largest absolute Gasteiger partial charge is 0.449 e. The summed E-state index contributed by atoms with van der Waals surface area (Å²) in [6.07, 6.45) is 6.09. The van der Waals surface area contributed by atoms with Crippen molar-refractivity contribution in [2.45, 2.75) is 48.8 Å². The Bertz CT molecular complexity index is 605. The zero-order valence-corrected chi connectivity index (χ0v) is 17.3. The molecule has 0 atom stereocenters.